The molecule has 0 atom stereocenters. The zero-order valence-corrected chi connectivity index (χ0v) is 12.4. The van der Waals surface area contributed by atoms with E-state index in [1.807, 2.05) is 72.8 Å². The SMILES string of the molecule is Cc1ccc(NC(=O)c2ccccc2)c(-c2ccccc2)c1. The van der Waals surface area contributed by atoms with Crippen LogP contribution in [0.2, 0.25) is 0 Å². The highest BCUT2D eigenvalue weighted by atomic mass is 16.1. The number of anilines is 1. The lowest BCUT2D eigenvalue weighted by molar-refractivity contribution is 0.102. The van der Waals surface area contributed by atoms with Crippen molar-refractivity contribution in [3.63, 3.8) is 0 Å². The van der Waals surface area contributed by atoms with Crippen molar-refractivity contribution in [2.45, 2.75) is 6.92 Å². The summed E-state index contributed by atoms with van der Waals surface area (Å²) in [6.45, 7) is 2.05. The minimum absolute atomic E-state index is 0.0957. The lowest BCUT2D eigenvalue weighted by atomic mass is 10.0. The molecule has 0 spiro atoms. The summed E-state index contributed by atoms with van der Waals surface area (Å²) >= 11 is 0. The Hall–Kier alpha value is -2.87. The number of benzene rings is 3. The number of aryl methyl sites for hydroxylation is 1. The van der Waals surface area contributed by atoms with Crippen molar-refractivity contribution in [1.29, 1.82) is 0 Å². The maximum absolute atomic E-state index is 12.4. The normalized spacial score (nSPS) is 10.2. The van der Waals surface area contributed by atoms with Crippen LogP contribution >= 0.6 is 0 Å². The smallest absolute Gasteiger partial charge is 0.255 e. The average molecular weight is 287 g/mol. The van der Waals surface area contributed by atoms with Gasteiger partial charge < -0.3 is 5.32 Å². The fraction of sp³-hybridized carbons (Fsp3) is 0.0500. The van der Waals surface area contributed by atoms with E-state index < -0.39 is 0 Å². The maximum Gasteiger partial charge on any atom is 0.255 e. The predicted molar refractivity (Wildman–Crippen MR) is 91.0 cm³/mol. The molecule has 108 valence electrons. The molecule has 22 heavy (non-hydrogen) atoms. The molecule has 0 saturated heterocycles. The number of carbonyl (C=O) groups is 1. The molecular weight excluding hydrogens is 270 g/mol. The molecule has 0 heterocycles. The molecule has 0 bridgehead atoms. The van der Waals surface area contributed by atoms with Gasteiger partial charge in [0, 0.05) is 16.8 Å². The van der Waals surface area contributed by atoms with Crippen LogP contribution in [0.1, 0.15) is 15.9 Å². The summed E-state index contributed by atoms with van der Waals surface area (Å²) < 4.78 is 0. The summed E-state index contributed by atoms with van der Waals surface area (Å²) in [5.74, 6) is -0.0957. The van der Waals surface area contributed by atoms with Crippen LogP contribution < -0.4 is 5.32 Å². The molecule has 1 amide bonds. The monoisotopic (exact) mass is 287 g/mol. The van der Waals surface area contributed by atoms with Gasteiger partial charge in [0.2, 0.25) is 0 Å². The molecule has 0 saturated carbocycles. The van der Waals surface area contributed by atoms with Crippen molar-refractivity contribution in [2.24, 2.45) is 0 Å². The molecule has 2 heteroatoms. The first kappa shape index (κ1) is 14.1. The van der Waals surface area contributed by atoms with Crippen molar-refractivity contribution in [3.8, 4) is 11.1 Å². The number of hydrogen-bond donors (Lipinski definition) is 1. The number of hydrogen-bond acceptors (Lipinski definition) is 1. The van der Waals surface area contributed by atoms with Gasteiger partial charge >= 0.3 is 0 Å². The van der Waals surface area contributed by atoms with Gasteiger partial charge in [0.25, 0.3) is 5.91 Å². The van der Waals surface area contributed by atoms with Crippen molar-refractivity contribution < 1.29 is 4.79 Å². The predicted octanol–water partition coefficient (Wildman–Crippen LogP) is 4.91. The first-order valence-electron chi connectivity index (χ1n) is 7.26. The first-order valence-corrected chi connectivity index (χ1v) is 7.26. The summed E-state index contributed by atoms with van der Waals surface area (Å²) in [4.78, 5) is 12.4. The Morgan fingerprint density at radius 3 is 2.14 bits per heavy atom. The Bertz CT molecular complexity index is 779. The Morgan fingerprint density at radius 2 is 1.45 bits per heavy atom. The topological polar surface area (TPSA) is 29.1 Å². The van der Waals surface area contributed by atoms with Gasteiger partial charge in [-0.3, -0.25) is 4.79 Å². The van der Waals surface area contributed by atoms with E-state index in [-0.39, 0.29) is 5.91 Å². The van der Waals surface area contributed by atoms with Crippen LogP contribution in [0.5, 0.6) is 0 Å². The second kappa shape index (κ2) is 6.27. The lowest BCUT2D eigenvalue weighted by Gasteiger charge is -2.12. The van der Waals surface area contributed by atoms with E-state index in [4.69, 9.17) is 0 Å². The van der Waals surface area contributed by atoms with E-state index in [0.29, 0.717) is 5.56 Å². The molecule has 0 fully saturated rings. The van der Waals surface area contributed by atoms with Crippen LogP contribution in [0, 0.1) is 6.92 Å². The highest BCUT2D eigenvalue weighted by Crippen LogP contribution is 2.29. The van der Waals surface area contributed by atoms with E-state index in [1.165, 1.54) is 0 Å². The van der Waals surface area contributed by atoms with Crippen molar-refractivity contribution >= 4 is 11.6 Å². The summed E-state index contributed by atoms with van der Waals surface area (Å²) in [5, 5.41) is 3.01. The van der Waals surface area contributed by atoms with E-state index in [1.54, 1.807) is 0 Å². The van der Waals surface area contributed by atoms with Crippen LogP contribution in [0.25, 0.3) is 11.1 Å². The Kier molecular flexibility index (Phi) is 4.01. The lowest BCUT2D eigenvalue weighted by Crippen LogP contribution is -2.12. The second-order valence-corrected chi connectivity index (χ2v) is 5.24. The first-order chi connectivity index (χ1) is 10.7. The number of rotatable bonds is 3. The highest BCUT2D eigenvalue weighted by molar-refractivity contribution is 6.06. The molecule has 0 radical (unpaired) electrons. The fourth-order valence-corrected chi connectivity index (χ4v) is 2.41. The van der Waals surface area contributed by atoms with E-state index in [2.05, 4.69) is 18.3 Å². The molecule has 0 unspecified atom stereocenters. The molecule has 2 nitrogen and oxygen atoms in total. The quantitative estimate of drug-likeness (QED) is 0.728. The van der Waals surface area contributed by atoms with Crippen LogP contribution in [0.15, 0.2) is 78.9 Å². The molecular formula is C20H17NO. The highest BCUT2D eigenvalue weighted by Gasteiger charge is 2.10. The molecule has 3 aromatic rings. The summed E-state index contributed by atoms with van der Waals surface area (Å²) in [6.07, 6.45) is 0. The van der Waals surface area contributed by atoms with Gasteiger partial charge in [-0.25, -0.2) is 0 Å². The molecule has 0 aliphatic carbocycles. The van der Waals surface area contributed by atoms with Gasteiger partial charge in [0.15, 0.2) is 0 Å². The Balaban J connectivity index is 1.96. The van der Waals surface area contributed by atoms with Gasteiger partial charge in [-0.2, -0.15) is 0 Å². The van der Waals surface area contributed by atoms with E-state index in [9.17, 15) is 4.79 Å². The minimum Gasteiger partial charge on any atom is -0.321 e. The summed E-state index contributed by atoms with van der Waals surface area (Å²) in [7, 11) is 0. The molecule has 0 aliphatic heterocycles. The second-order valence-electron chi connectivity index (χ2n) is 5.24. The average Bonchev–Trinajstić information content (AvgIpc) is 2.58. The van der Waals surface area contributed by atoms with Crippen LogP contribution in [-0.2, 0) is 0 Å². The third kappa shape index (κ3) is 3.07. The van der Waals surface area contributed by atoms with Gasteiger partial charge in [-0.1, -0.05) is 60.2 Å². The fourth-order valence-electron chi connectivity index (χ4n) is 2.41. The van der Waals surface area contributed by atoms with Gasteiger partial charge in [0.05, 0.1) is 0 Å². The largest absolute Gasteiger partial charge is 0.321 e. The third-order valence-electron chi connectivity index (χ3n) is 3.54. The molecule has 3 rings (SSSR count). The molecule has 0 aromatic heterocycles. The zero-order chi connectivity index (χ0) is 15.4. The number of amides is 1. The molecule has 1 N–H and O–H groups in total. The van der Waals surface area contributed by atoms with Crippen molar-refractivity contribution in [3.05, 3.63) is 90.0 Å². The van der Waals surface area contributed by atoms with E-state index in [0.717, 1.165) is 22.4 Å². The van der Waals surface area contributed by atoms with Crippen molar-refractivity contribution in [1.82, 2.24) is 0 Å². The zero-order valence-electron chi connectivity index (χ0n) is 12.4. The Labute approximate surface area is 130 Å². The van der Waals surface area contributed by atoms with Gasteiger partial charge in [-0.15, -0.1) is 0 Å². The Morgan fingerprint density at radius 1 is 0.818 bits per heavy atom. The van der Waals surface area contributed by atoms with Gasteiger partial charge in [0.1, 0.15) is 0 Å². The van der Waals surface area contributed by atoms with Crippen LogP contribution in [0.3, 0.4) is 0 Å². The van der Waals surface area contributed by atoms with Crippen molar-refractivity contribution in [2.75, 3.05) is 5.32 Å². The minimum atomic E-state index is -0.0957. The standard InChI is InChI=1S/C20H17NO/c1-15-12-13-19(18(14-15)16-8-4-2-5-9-16)21-20(22)17-10-6-3-7-11-17/h2-14H,1H3,(H,21,22). The molecule has 3 aromatic carbocycles. The number of carbonyl (C=O) groups excluding carboxylic acids is 1. The van der Waals surface area contributed by atoms with Crippen LogP contribution in [-0.4, -0.2) is 5.91 Å². The third-order valence-corrected chi connectivity index (χ3v) is 3.54. The number of nitrogens with one attached hydrogen (secondary N) is 1. The van der Waals surface area contributed by atoms with E-state index >= 15 is 0 Å². The van der Waals surface area contributed by atoms with Crippen LogP contribution in [0.4, 0.5) is 5.69 Å². The summed E-state index contributed by atoms with van der Waals surface area (Å²) in [6, 6.07) is 25.4. The molecule has 0 aliphatic rings. The van der Waals surface area contributed by atoms with Gasteiger partial charge in [-0.05, 0) is 36.8 Å². The maximum atomic E-state index is 12.4. The summed E-state index contributed by atoms with van der Waals surface area (Å²) in [5.41, 5.74) is 4.77.